The second-order valence-corrected chi connectivity index (χ2v) is 6.08. The summed E-state index contributed by atoms with van der Waals surface area (Å²) in [6.07, 6.45) is 0.834. The minimum atomic E-state index is -0.640. The predicted molar refractivity (Wildman–Crippen MR) is 95.6 cm³/mol. The van der Waals surface area contributed by atoms with Gasteiger partial charge in [-0.1, -0.05) is 41.9 Å². The second-order valence-electron chi connectivity index (χ2n) is 5.67. The van der Waals surface area contributed by atoms with Gasteiger partial charge in [-0.05, 0) is 37.1 Å². The van der Waals surface area contributed by atoms with E-state index in [1.165, 1.54) is 0 Å². The lowest BCUT2D eigenvalue weighted by Gasteiger charge is -2.22. The van der Waals surface area contributed by atoms with Gasteiger partial charge < -0.3 is 15.5 Å². The molecule has 0 fully saturated rings. The fourth-order valence-electron chi connectivity index (χ4n) is 2.78. The number of urea groups is 1. The molecule has 0 aromatic heterocycles. The summed E-state index contributed by atoms with van der Waals surface area (Å²) in [5.74, 6) is -0.130. The fourth-order valence-corrected chi connectivity index (χ4v) is 2.96. The molecule has 2 aromatic carbocycles. The maximum atomic E-state index is 12.6. The third-order valence-corrected chi connectivity index (χ3v) is 4.32. The Kier molecular flexibility index (Phi) is 4.71. The first-order valence-electron chi connectivity index (χ1n) is 7.77. The van der Waals surface area contributed by atoms with E-state index in [1.807, 2.05) is 24.3 Å². The molecular weight excluding hydrogens is 326 g/mol. The molecule has 0 aliphatic carbocycles. The van der Waals surface area contributed by atoms with Gasteiger partial charge in [0.1, 0.15) is 6.04 Å². The number of rotatable bonds is 3. The highest BCUT2D eigenvalue weighted by Gasteiger charge is 2.28. The largest absolute Gasteiger partial charge is 0.326 e. The van der Waals surface area contributed by atoms with Crippen molar-refractivity contribution in [2.45, 2.75) is 19.4 Å². The third kappa shape index (κ3) is 3.36. The average molecular weight is 344 g/mol. The molecule has 6 heteroatoms. The molecule has 0 radical (unpaired) electrons. The third-order valence-electron chi connectivity index (χ3n) is 3.99. The van der Waals surface area contributed by atoms with Crippen LogP contribution in [0.2, 0.25) is 5.02 Å². The molecule has 1 heterocycles. The number of hydrogen-bond acceptors (Lipinski definition) is 2. The molecule has 1 atom stereocenters. The summed E-state index contributed by atoms with van der Waals surface area (Å²) in [6.45, 7) is 2.31. The van der Waals surface area contributed by atoms with Crippen molar-refractivity contribution in [1.29, 1.82) is 0 Å². The topological polar surface area (TPSA) is 61.4 Å². The first kappa shape index (κ1) is 16.3. The Labute approximate surface area is 145 Å². The highest BCUT2D eigenvalue weighted by atomic mass is 35.5. The quantitative estimate of drug-likeness (QED) is 0.896. The lowest BCUT2D eigenvalue weighted by molar-refractivity contribution is -0.119. The maximum absolute atomic E-state index is 12.6. The molecule has 3 amide bonds. The zero-order valence-corrected chi connectivity index (χ0v) is 14.0. The van der Waals surface area contributed by atoms with Crippen LogP contribution in [-0.2, 0) is 11.2 Å². The Balaban J connectivity index is 1.63. The summed E-state index contributed by atoms with van der Waals surface area (Å²) in [4.78, 5) is 26.4. The number of halogens is 1. The number of anilines is 2. The van der Waals surface area contributed by atoms with E-state index in [9.17, 15) is 9.59 Å². The van der Waals surface area contributed by atoms with E-state index >= 15 is 0 Å². The number of hydrogen-bond donors (Lipinski definition) is 2. The number of carbonyl (C=O) groups is 2. The van der Waals surface area contributed by atoms with Gasteiger partial charge in [-0.3, -0.25) is 4.79 Å². The van der Waals surface area contributed by atoms with Crippen molar-refractivity contribution in [2.24, 2.45) is 0 Å². The van der Waals surface area contributed by atoms with E-state index in [0.29, 0.717) is 17.3 Å². The van der Waals surface area contributed by atoms with Crippen molar-refractivity contribution in [3.8, 4) is 0 Å². The molecule has 0 spiro atoms. The van der Waals surface area contributed by atoms with Crippen LogP contribution >= 0.6 is 11.6 Å². The average Bonchev–Trinajstić information content (AvgIpc) is 3.00. The van der Waals surface area contributed by atoms with E-state index in [2.05, 4.69) is 10.6 Å². The molecule has 0 saturated heterocycles. The van der Waals surface area contributed by atoms with Gasteiger partial charge in [-0.2, -0.15) is 0 Å². The van der Waals surface area contributed by atoms with Crippen LogP contribution in [-0.4, -0.2) is 24.5 Å². The molecule has 1 aliphatic rings. The fraction of sp³-hybridized carbons (Fsp3) is 0.222. The van der Waals surface area contributed by atoms with E-state index < -0.39 is 12.1 Å². The van der Waals surface area contributed by atoms with Crippen LogP contribution in [0.15, 0.2) is 48.5 Å². The Morgan fingerprint density at radius 3 is 2.62 bits per heavy atom. The lowest BCUT2D eigenvalue weighted by Crippen LogP contribution is -2.47. The van der Waals surface area contributed by atoms with Crippen LogP contribution < -0.4 is 15.5 Å². The monoisotopic (exact) mass is 343 g/mol. The van der Waals surface area contributed by atoms with Crippen LogP contribution in [0.4, 0.5) is 16.2 Å². The molecule has 2 aromatic rings. The van der Waals surface area contributed by atoms with E-state index in [4.69, 9.17) is 11.6 Å². The molecule has 2 N–H and O–H groups in total. The summed E-state index contributed by atoms with van der Waals surface area (Å²) >= 11 is 6.01. The zero-order chi connectivity index (χ0) is 17.1. The molecule has 0 bridgehead atoms. The smallest absolute Gasteiger partial charge is 0.319 e. The summed E-state index contributed by atoms with van der Waals surface area (Å²) < 4.78 is 0. The number of amides is 3. The number of carbonyl (C=O) groups excluding carboxylic acids is 2. The summed E-state index contributed by atoms with van der Waals surface area (Å²) in [5, 5.41) is 5.76. The van der Waals surface area contributed by atoms with Gasteiger partial charge in [-0.25, -0.2) is 4.79 Å². The molecule has 0 saturated carbocycles. The number of nitrogens with zero attached hydrogens (tertiary/aromatic N) is 1. The van der Waals surface area contributed by atoms with Gasteiger partial charge in [0.15, 0.2) is 0 Å². The summed E-state index contributed by atoms with van der Waals surface area (Å²) in [5.41, 5.74) is 2.57. The number of nitrogens with one attached hydrogen (secondary N) is 2. The molecule has 1 aliphatic heterocycles. The van der Waals surface area contributed by atoms with Gasteiger partial charge in [0, 0.05) is 12.2 Å². The number of fused-ring (bicyclic) bond motifs is 1. The van der Waals surface area contributed by atoms with Crippen LogP contribution in [0.3, 0.4) is 0 Å². The van der Waals surface area contributed by atoms with Crippen molar-refractivity contribution in [3.63, 3.8) is 0 Å². The Bertz CT molecular complexity index is 778. The molecule has 5 nitrogen and oxygen atoms in total. The normalized spacial score (nSPS) is 14.0. The predicted octanol–water partition coefficient (Wildman–Crippen LogP) is 3.44. The van der Waals surface area contributed by atoms with Crippen LogP contribution in [0.5, 0.6) is 0 Å². The van der Waals surface area contributed by atoms with Crippen molar-refractivity contribution in [3.05, 3.63) is 59.1 Å². The standard InChI is InChI=1S/C18H18ClN3O2/c1-12(20-18(24)21-15-8-4-3-7-14(15)19)17(23)22-11-10-13-6-2-5-9-16(13)22/h2-9,12H,10-11H2,1H3,(H2,20,21,24). The van der Waals surface area contributed by atoms with E-state index in [1.54, 1.807) is 36.1 Å². The number of benzene rings is 2. The molecule has 3 rings (SSSR count). The minimum Gasteiger partial charge on any atom is -0.326 e. The number of para-hydroxylation sites is 2. The van der Waals surface area contributed by atoms with Gasteiger partial charge in [0.2, 0.25) is 5.91 Å². The van der Waals surface area contributed by atoms with Gasteiger partial charge >= 0.3 is 6.03 Å². The Morgan fingerprint density at radius 2 is 1.83 bits per heavy atom. The molecule has 1 unspecified atom stereocenters. The van der Waals surface area contributed by atoms with Crippen LogP contribution in [0.25, 0.3) is 0 Å². The second kappa shape index (κ2) is 6.93. The van der Waals surface area contributed by atoms with Gasteiger partial charge in [0.25, 0.3) is 0 Å². The van der Waals surface area contributed by atoms with Crippen molar-refractivity contribution in [2.75, 3.05) is 16.8 Å². The Morgan fingerprint density at radius 1 is 1.12 bits per heavy atom. The van der Waals surface area contributed by atoms with Crippen LogP contribution in [0, 0.1) is 0 Å². The molecular formula is C18H18ClN3O2. The minimum absolute atomic E-state index is 0.130. The van der Waals surface area contributed by atoms with Crippen molar-refractivity contribution >= 4 is 34.9 Å². The molecule has 24 heavy (non-hydrogen) atoms. The zero-order valence-electron chi connectivity index (χ0n) is 13.3. The first-order valence-corrected chi connectivity index (χ1v) is 8.15. The summed E-state index contributed by atoms with van der Waals surface area (Å²) in [6, 6.07) is 13.7. The Hall–Kier alpha value is -2.53. The van der Waals surface area contributed by atoms with Crippen LogP contribution in [0.1, 0.15) is 12.5 Å². The molecule has 124 valence electrons. The highest BCUT2D eigenvalue weighted by Crippen LogP contribution is 2.28. The van der Waals surface area contributed by atoms with Gasteiger partial charge in [0.05, 0.1) is 10.7 Å². The van der Waals surface area contributed by atoms with E-state index in [0.717, 1.165) is 17.7 Å². The van der Waals surface area contributed by atoms with E-state index in [-0.39, 0.29) is 5.91 Å². The van der Waals surface area contributed by atoms with Crippen molar-refractivity contribution in [1.82, 2.24) is 5.32 Å². The summed E-state index contributed by atoms with van der Waals surface area (Å²) in [7, 11) is 0. The highest BCUT2D eigenvalue weighted by molar-refractivity contribution is 6.33. The first-order chi connectivity index (χ1) is 11.6. The SMILES string of the molecule is CC(NC(=O)Nc1ccccc1Cl)C(=O)N1CCc2ccccc21. The lowest BCUT2D eigenvalue weighted by atomic mass is 10.2. The van der Waals surface area contributed by atoms with Crippen molar-refractivity contribution < 1.29 is 9.59 Å². The maximum Gasteiger partial charge on any atom is 0.319 e. The van der Waals surface area contributed by atoms with Gasteiger partial charge in [-0.15, -0.1) is 0 Å².